The minimum atomic E-state index is 0. The first-order chi connectivity index (χ1) is 13.5. The van der Waals surface area contributed by atoms with Gasteiger partial charge in [0.25, 0.3) is 0 Å². The first kappa shape index (κ1) is 23.1. The van der Waals surface area contributed by atoms with Crippen molar-refractivity contribution in [1.82, 2.24) is 10.3 Å². The molecule has 0 saturated heterocycles. The maximum Gasteiger partial charge on any atom is 0.0684 e. The van der Waals surface area contributed by atoms with E-state index in [4.69, 9.17) is 0 Å². The van der Waals surface area contributed by atoms with Gasteiger partial charge in [-0.05, 0) is 30.2 Å². The minimum Gasteiger partial charge on any atom is -0.521 e. The maximum atomic E-state index is 4.30. The number of rotatable bonds is 7. The minimum absolute atomic E-state index is 0. The summed E-state index contributed by atoms with van der Waals surface area (Å²) < 4.78 is 0. The Hall–Kier alpha value is -2.17. The van der Waals surface area contributed by atoms with Gasteiger partial charge >= 0.3 is 0 Å². The van der Waals surface area contributed by atoms with E-state index in [0.29, 0.717) is 0 Å². The van der Waals surface area contributed by atoms with Crippen LogP contribution in [0.15, 0.2) is 89.9 Å². The smallest absolute Gasteiger partial charge is 0.0684 e. The molecule has 4 nitrogen and oxygen atoms in total. The van der Waals surface area contributed by atoms with E-state index in [1.807, 2.05) is 55.0 Å². The number of nitrogens with zero attached hydrogens (tertiary/aromatic N) is 3. The van der Waals surface area contributed by atoms with E-state index in [1.54, 1.807) is 0 Å². The first-order valence-corrected chi connectivity index (χ1v) is 9.30. The Morgan fingerprint density at radius 3 is 2.45 bits per heavy atom. The van der Waals surface area contributed by atoms with Crippen molar-refractivity contribution >= 4 is 17.5 Å². The van der Waals surface area contributed by atoms with Crippen LogP contribution in [0.5, 0.6) is 0 Å². The Bertz CT molecular complexity index is 914. The summed E-state index contributed by atoms with van der Waals surface area (Å²) in [6, 6.07) is 18.8. The molecule has 1 aliphatic heterocycles. The van der Waals surface area contributed by atoms with Gasteiger partial charge in [-0.3, -0.25) is 5.01 Å². The van der Waals surface area contributed by atoms with Gasteiger partial charge in [0.2, 0.25) is 0 Å². The molecule has 0 spiro atoms. The summed E-state index contributed by atoms with van der Waals surface area (Å²) in [5, 5.41) is 9.40. The van der Waals surface area contributed by atoms with Gasteiger partial charge in [0.1, 0.15) is 0 Å². The van der Waals surface area contributed by atoms with Gasteiger partial charge in [-0.15, -0.1) is 6.42 Å². The summed E-state index contributed by atoms with van der Waals surface area (Å²) >= 11 is 0. The Morgan fingerprint density at radius 2 is 1.79 bits per heavy atom. The van der Waals surface area contributed by atoms with Crippen LogP contribution in [0.25, 0.3) is 5.57 Å². The maximum absolute atomic E-state index is 4.30. The van der Waals surface area contributed by atoms with Crippen molar-refractivity contribution in [3.05, 3.63) is 103 Å². The van der Waals surface area contributed by atoms with E-state index in [0.717, 1.165) is 40.3 Å². The number of allylic oxidation sites excluding steroid dienone is 2. The number of hydrogen-bond acceptors (Lipinski definition) is 4. The van der Waals surface area contributed by atoms with Crippen LogP contribution in [0.2, 0.25) is 0 Å². The molecule has 0 fully saturated rings. The quantitative estimate of drug-likeness (QED) is 0.602. The molecule has 0 unspecified atom stereocenters. The van der Waals surface area contributed by atoms with Crippen LogP contribution in [-0.4, -0.2) is 25.3 Å². The van der Waals surface area contributed by atoms with E-state index < -0.39 is 0 Å². The van der Waals surface area contributed by atoms with Gasteiger partial charge in [-0.2, -0.15) is 5.10 Å². The Kier molecular flexibility index (Phi) is 8.42. The molecule has 0 amide bonds. The summed E-state index contributed by atoms with van der Waals surface area (Å²) in [4.78, 5) is 2.03. The topological polar surface area (TPSA) is 30.9 Å². The molecule has 0 aromatic heterocycles. The van der Waals surface area contributed by atoms with Crippen molar-refractivity contribution in [3.8, 4) is 0 Å². The molecule has 0 bridgehead atoms. The molecular formula is C24H27N4Y-. The van der Waals surface area contributed by atoms with Crippen LogP contribution >= 0.6 is 0 Å². The van der Waals surface area contributed by atoms with Crippen molar-refractivity contribution < 1.29 is 32.7 Å². The molecule has 0 aliphatic carbocycles. The number of hydrazone groups is 1. The van der Waals surface area contributed by atoms with Crippen LogP contribution in [0, 0.1) is 6.54 Å². The van der Waals surface area contributed by atoms with E-state index in [9.17, 15) is 0 Å². The van der Waals surface area contributed by atoms with Gasteiger partial charge < -0.3 is 10.2 Å². The molecule has 1 N–H and O–H groups in total. The van der Waals surface area contributed by atoms with Crippen molar-refractivity contribution in [3.63, 3.8) is 0 Å². The second-order valence-electron chi connectivity index (χ2n) is 6.86. The molecule has 0 saturated carbocycles. The predicted octanol–water partition coefficient (Wildman–Crippen LogP) is 4.80. The normalized spacial score (nSPS) is 13.2. The summed E-state index contributed by atoms with van der Waals surface area (Å²) in [5.74, 6) is 0.837. The molecule has 29 heavy (non-hydrogen) atoms. The van der Waals surface area contributed by atoms with E-state index in [-0.39, 0.29) is 32.7 Å². The second kappa shape index (κ2) is 10.6. The monoisotopic (exact) mass is 460 g/mol. The predicted molar refractivity (Wildman–Crippen MR) is 120 cm³/mol. The average Bonchev–Trinajstić information content (AvgIpc) is 2.72. The van der Waals surface area contributed by atoms with E-state index in [2.05, 4.69) is 66.9 Å². The number of para-hydroxylation sites is 1. The number of nitrogens with one attached hydrogen (secondary N) is 1. The van der Waals surface area contributed by atoms with Crippen LogP contribution in [0.3, 0.4) is 0 Å². The number of benzene rings is 2. The molecule has 147 valence electrons. The summed E-state index contributed by atoms with van der Waals surface area (Å²) in [5.41, 5.74) is 6.68. The fraction of sp³-hybridized carbons (Fsp3) is 0.167. The van der Waals surface area contributed by atoms with Crippen molar-refractivity contribution in [2.24, 2.45) is 5.10 Å². The molecule has 3 rings (SSSR count). The van der Waals surface area contributed by atoms with Crippen LogP contribution < -0.4 is 10.2 Å². The van der Waals surface area contributed by atoms with Crippen molar-refractivity contribution in [2.45, 2.75) is 13.3 Å². The molecule has 0 atom stereocenters. The molecule has 2 aromatic rings. The SMILES string of the molecule is C=C1C(c2ccc(C[CH-]NC(=C)N(C)c3ccccc3)cc2)=C(C)C=NN1C.[Y]. The zero-order valence-corrected chi connectivity index (χ0v) is 20.2. The largest absolute Gasteiger partial charge is 0.521 e. The van der Waals surface area contributed by atoms with Gasteiger partial charge in [0.15, 0.2) is 0 Å². The van der Waals surface area contributed by atoms with Crippen LogP contribution in [0.4, 0.5) is 5.69 Å². The van der Waals surface area contributed by atoms with Crippen molar-refractivity contribution in [1.29, 1.82) is 0 Å². The summed E-state index contributed by atoms with van der Waals surface area (Å²) in [6.45, 7) is 12.4. The molecule has 1 radical (unpaired) electrons. The zero-order valence-electron chi connectivity index (χ0n) is 17.4. The third-order valence-corrected chi connectivity index (χ3v) is 4.90. The Balaban J connectivity index is 0.00000300. The fourth-order valence-corrected chi connectivity index (χ4v) is 3.09. The third-order valence-electron chi connectivity index (χ3n) is 4.90. The fourth-order valence-electron chi connectivity index (χ4n) is 3.09. The number of likely N-dealkylation sites (N-methyl/N-ethyl adjacent to an activating group) is 1. The number of hydrogen-bond donors (Lipinski definition) is 1. The van der Waals surface area contributed by atoms with E-state index in [1.165, 1.54) is 5.56 Å². The van der Waals surface area contributed by atoms with Gasteiger partial charge in [-0.25, -0.2) is 6.54 Å². The molecular weight excluding hydrogens is 433 g/mol. The molecule has 2 aromatic carbocycles. The second-order valence-corrected chi connectivity index (χ2v) is 6.86. The molecule has 1 heterocycles. The van der Waals surface area contributed by atoms with Crippen LogP contribution in [-0.2, 0) is 39.1 Å². The molecule has 5 heteroatoms. The Morgan fingerprint density at radius 1 is 1.14 bits per heavy atom. The summed E-state index contributed by atoms with van der Waals surface area (Å²) in [6.07, 6.45) is 2.69. The number of anilines is 1. The van der Waals surface area contributed by atoms with Gasteiger partial charge in [0, 0.05) is 58.1 Å². The summed E-state index contributed by atoms with van der Waals surface area (Å²) in [7, 11) is 3.92. The molecule has 1 aliphatic rings. The van der Waals surface area contributed by atoms with Crippen molar-refractivity contribution in [2.75, 3.05) is 19.0 Å². The van der Waals surface area contributed by atoms with Gasteiger partial charge in [0.05, 0.1) is 17.7 Å². The third kappa shape index (κ3) is 5.68. The van der Waals surface area contributed by atoms with Gasteiger partial charge in [-0.1, -0.05) is 61.2 Å². The Labute approximate surface area is 199 Å². The van der Waals surface area contributed by atoms with Crippen LogP contribution in [0.1, 0.15) is 18.1 Å². The standard InChI is InChI=1S/C24H27N4.Y/c1-18-17-26-28(5)19(2)24(18)22-13-11-21(12-14-22)15-16-25-20(3)27(4)23-9-7-6-8-10-23;/h6-14,16-17,25H,2-3,15H2,1,4-5H3;/q-1;. The zero-order chi connectivity index (χ0) is 20.1. The van der Waals surface area contributed by atoms with E-state index >= 15 is 0 Å². The average molecular weight is 460 g/mol. The first-order valence-electron chi connectivity index (χ1n) is 9.30.